The van der Waals surface area contributed by atoms with E-state index in [0.29, 0.717) is 33.8 Å². The van der Waals surface area contributed by atoms with Crippen LogP contribution >= 0.6 is 11.3 Å². The number of thiazole rings is 1. The number of methoxy groups -OCH3 is 1. The summed E-state index contributed by atoms with van der Waals surface area (Å²) in [5.41, 5.74) is 1.14. The van der Waals surface area contributed by atoms with E-state index in [1.807, 2.05) is 0 Å². The number of ether oxygens (including phenoxy) is 2. The summed E-state index contributed by atoms with van der Waals surface area (Å²) in [7, 11) is -2.00. The minimum absolute atomic E-state index is 0.192. The Kier molecular flexibility index (Phi) is 8.05. The molecule has 0 bridgehead atoms. The monoisotopic (exact) mass is 528 g/mol. The van der Waals surface area contributed by atoms with Crippen molar-refractivity contribution in [1.82, 2.24) is 4.98 Å². The molecule has 1 N–H and O–H groups in total. The topological polar surface area (TPSA) is 112 Å². The zero-order valence-corrected chi connectivity index (χ0v) is 21.7. The zero-order chi connectivity index (χ0) is 25.7. The molecule has 0 radical (unpaired) electrons. The lowest BCUT2D eigenvalue weighted by molar-refractivity contribution is -0.118. The maximum Gasteiger partial charge on any atom is 0.337 e. The van der Waals surface area contributed by atoms with Crippen LogP contribution < -0.4 is 10.1 Å². The van der Waals surface area contributed by atoms with Crippen molar-refractivity contribution in [3.05, 3.63) is 65.9 Å². The third-order valence-corrected chi connectivity index (χ3v) is 8.18. The van der Waals surface area contributed by atoms with Gasteiger partial charge < -0.3 is 14.8 Å². The van der Waals surface area contributed by atoms with E-state index in [1.165, 1.54) is 30.9 Å². The van der Waals surface area contributed by atoms with Crippen LogP contribution in [0.1, 0.15) is 53.9 Å². The Hall–Kier alpha value is -3.24. The van der Waals surface area contributed by atoms with Crippen LogP contribution in [0.5, 0.6) is 10.8 Å². The highest BCUT2D eigenvalue weighted by molar-refractivity contribution is 7.90. The van der Waals surface area contributed by atoms with Gasteiger partial charge in [-0.15, -0.1) is 0 Å². The number of esters is 1. The second-order valence-corrected chi connectivity index (χ2v) is 11.9. The molecule has 190 valence electrons. The van der Waals surface area contributed by atoms with E-state index in [-0.39, 0.29) is 10.8 Å². The third kappa shape index (κ3) is 6.50. The molecule has 2 aromatic carbocycles. The smallest absolute Gasteiger partial charge is 0.337 e. The SMILES string of the molecule is COC(=O)c1cccc(Oc2cnc(NC(=O)[C@H](CC3CCCC3)c3ccc(S(C)(=O)=O)cc3)s2)c1. The van der Waals surface area contributed by atoms with Crippen LogP contribution in [-0.2, 0) is 19.4 Å². The quantitative estimate of drug-likeness (QED) is 0.369. The highest BCUT2D eigenvalue weighted by atomic mass is 32.2. The third-order valence-electron chi connectivity index (χ3n) is 6.26. The highest BCUT2D eigenvalue weighted by Gasteiger charge is 2.27. The molecule has 10 heteroatoms. The highest BCUT2D eigenvalue weighted by Crippen LogP contribution is 2.36. The number of carbonyl (C=O) groups is 2. The fourth-order valence-corrected chi connectivity index (χ4v) is 5.72. The number of carbonyl (C=O) groups excluding carboxylic acids is 2. The summed E-state index contributed by atoms with van der Waals surface area (Å²) in [5.74, 6) is -0.179. The molecule has 1 fully saturated rings. The molecule has 0 unspecified atom stereocenters. The lowest BCUT2D eigenvalue weighted by atomic mass is 9.87. The first-order chi connectivity index (χ1) is 17.2. The number of anilines is 1. The van der Waals surface area contributed by atoms with Gasteiger partial charge in [0.05, 0.1) is 29.7 Å². The molecule has 3 aromatic rings. The molecule has 0 aliphatic heterocycles. The summed E-state index contributed by atoms with van der Waals surface area (Å²) in [6.45, 7) is 0. The number of rotatable bonds is 9. The molecule has 1 saturated carbocycles. The number of amides is 1. The summed E-state index contributed by atoms with van der Waals surface area (Å²) in [6, 6.07) is 13.1. The number of aromatic nitrogens is 1. The second kappa shape index (κ2) is 11.2. The standard InChI is InChI=1S/C26H28N2O6S2/c1-33-25(30)19-8-5-9-20(15-19)34-23-16-27-26(35-23)28-24(29)22(14-17-6-3-4-7-17)18-10-12-21(13-11-18)36(2,31)32/h5,8-13,15-17,22H,3-4,6-7,14H2,1-2H3,(H,27,28,29)/t22-/m1/s1. The van der Waals surface area contributed by atoms with Crippen molar-refractivity contribution in [1.29, 1.82) is 0 Å². The summed E-state index contributed by atoms with van der Waals surface area (Å²) in [4.78, 5) is 29.6. The number of nitrogens with zero attached hydrogens (tertiary/aromatic N) is 1. The summed E-state index contributed by atoms with van der Waals surface area (Å²) >= 11 is 1.18. The minimum Gasteiger partial charge on any atom is -0.465 e. The van der Waals surface area contributed by atoms with Crippen LogP contribution in [0.2, 0.25) is 0 Å². The van der Waals surface area contributed by atoms with E-state index >= 15 is 0 Å². The van der Waals surface area contributed by atoms with Gasteiger partial charge in [0.2, 0.25) is 11.0 Å². The van der Waals surface area contributed by atoms with E-state index < -0.39 is 21.7 Å². The van der Waals surface area contributed by atoms with Crippen molar-refractivity contribution in [3.63, 3.8) is 0 Å². The van der Waals surface area contributed by atoms with Crippen molar-refractivity contribution in [3.8, 4) is 10.8 Å². The fraction of sp³-hybridized carbons (Fsp3) is 0.346. The Labute approximate surface area is 214 Å². The molecule has 0 saturated heterocycles. The predicted molar refractivity (Wildman–Crippen MR) is 137 cm³/mol. The molecule has 1 aromatic heterocycles. The number of nitrogens with one attached hydrogen (secondary N) is 1. The van der Waals surface area contributed by atoms with Gasteiger partial charge >= 0.3 is 5.97 Å². The van der Waals surface area contributed by atoms with E-state index in [1.54, 1.807) is 48.5 Å². The number of hydrogen-bond donors (Lipinski definition) is 1. The summed E-state index contributed by atoms with van der Waals surface area (Å²) < 4.78 is 34.2. The summed E-state index contributed by atoms with van der Waals surface area (Å²) in [5, 5.41) is 3.75. The van der Waals surface area contributed by atoms with E-state index in [9.17, 15) is 18.0 Å². The van der Waals surface area contributed by atoms with Gasteiger partial charge in [0.25, 0.3) is 0 Å². The Morgan fingerprint density at radius 2 is 1.86 bits per heavy atom. The lowest BCUT2D eigenvalue weighted by Crippen LogP contribution is -2.23. The van der Waals surface area contributed by atoms with Gasteiger partial charge in [0.1, 0.15) is 5.75 Å². The molecule has 36 heavy (non-hydrogen) atoms. The predicted octanol–water partition coefficient (Wildman–Crippen LogP) is 5.43. The van der Waals surface area contributed by atoms with Crippen molar-refractivity contribution in [2.45, 2.75) is 42.9 Å². The Morgan fingerprint density at radius 1 is 1.14 bits per heavy atom. The minimum atomic E-state index is -3.32. The Bertz CT molecular complexity index is 1330. The van der Waals surface area contributed by atoms with E-state index in [0.717, 1.165) is 31.2 Å². The molecule has 1 aliphatic rings. The van der Waals surface area contributed by atoms with Gasteiger partial charge in [-0.2, -0.15) is 0 Å². The average molecular weight is 529 g/mol. The van der Waals surface area contributed by atoms with Crippen LogP contribution in [0.4, 0.5) is 5.13 Å². The van der Waals surface area contributed by atoms with Gasteiger partial charge in [-0.3, -0.25) is 4.79 Å². The lowest BCUT2D eigenvalue weighted by Gasteiger charge is -2.20. The number of sulfone groups is 1. The van der Waals surface area contributed by atoms with Gasteiger partial charge in [0, 0.05) is 6.26 Å². The number of benzene rings is 2. The molecule has 4 rings (SSSR count). The average Bonchev–Trinajstić information content (AvgIpc) is 3.54. The zero-order valence-electron chi connectivity index (χ0n) is 20.1. The Morgan fingerprint density at radius 3 is 2.53 bits per heavy atom. The second-order valence-electron chi connectivity index (χ2n) is 8.88. The van der Waals surface area contributed by atoms with Gasteiger partial charge in [0.15, 0.2) is 15.0 Å². The van der Waals surface area contributed by atoms with Crippen LogP contribution in [-0.4, -0.2) is 38.6 Å². The molecule has 1 atom stereocenters. The number of hydrogen-bond acceptors (Lipinski definition) is 8. The van der Waals surface area contributed by atoms with Gasteiger partial charge in [-0.1, -0.05) is 55.2 Å². The van der Waals surface area contributed by atoms with Crippen LogP contribution in [0, 0.1) is 5.92 Å². The van der Waals surface area contributed by atoms with Crippen molar-refractivity contribution >= 4 is 38.2 Å². The fourth-order valence-electron chi connectivity index (χ4n) is 4.40. The molecule has 0 spiro atoms. The first-order valence-electron chi connectivity index (χ1n) is 11.7. The molecule has 1 aliphatic carbocycles. The molecule has 8 nitrogen and oxygen atoms in total. The first-order valence-corrected chi connectivity index (χ1v) is 14.4. The Balaban J connectivity index is 1.48. The van der Waals surface area contributed by atoms with Gasteiger partial charge in [-0.05, 0) is 48.2 Å². The normalized spacial score (nSPS) is 14.8. The first kappa shape index (κ1) is 25.8. The maximum atomic E-state index is 13.3. The van der Waals surface area contributed by atoms with Crippen LogP contribution in [0.15, 0.2) is 59.6 Å². The molecule has 1 heterocycles. The van der Waals surface area contributed by atoms with Crippen LogP contribution in [0.3, 0.4) is 0 Å². The summed E-state index contributed by atoms with van der Waals surface area (Å²) in [6.07, 6.45) is 7.87. The van der Waals surface area contributed by atoms with E-state index in [2.05, 4.69) is 10.3 Å². The van der Waals surface area contributed by atoms with Crippen molar-refractivity contribution in [2.75, 3.05) is 18.7 Å². The molecular formula is C26H28N2O6S2. The largest absolute Gasteiger partial charge is 0.465 e. The van der Waals surface area contributed by atoms with Gasteiger partial charge in [-0.25, -0.2) is 18.2 Å². The van der Waals surface area contributed by atoms with Crippen molar-refractivity contribution < 1.29 is 27.5 Å². The van der Waals surface area contributed by atoms with Crippen LogP contribution in [0.25, 0.3) is 0 Å². The maximum absolute atomic E-state index is 13.3. The molecular weight excluding hydrogens is 500 g/mol. The van der Waals surface area contributed by atoms with E-state index in [4.69, 9.17) is 9.47 Å². The molecule has 1 amide bonds. The van der Waals surface area contributed by atoms with Crippen molar-refractivity contribution in [2.24, 2.45) is 5.92 Å².